The van der Waals surface area contributed by atoms with E-state index in [0.717, 1.165) is 18.5 Å². The summed E-state index contributed by atoms with van der Waals surface area (Å²) in [7, 11) is 0. The van der Waals surface area contributed by atoms with Crippen molar-refractivity contribution in [3.8, 4) is 0 Å². The number of hydrogen-bond acceptors (Lipinski definition) is 4. The number of rotatable bonds is 3. The van der Waals surface area contributed by atoms with Gasteiger partial charge in [-0.15, -0.1) is 0 Å². The van der Waals surface area contributed by atoms with Gasteiger partial charge in [0.25, 0.3) is 5.91 Å². The lowest BCUT2D eigenvalue weighted by molar-refractivity contribution is 0.0447. The third-order valence-corrected chi connectivity index (χ3v) is 4.90. The summed E-state index contributed by atoms with van der Waals surface area (Å²) < 4.78 is 1.85. The maximum Gasteiger partial charge on any atom is 0.255 e. The molecular weight excluding hydrogens is 316 g/mol. The standard InChI is InChI=1S/C19H20N4O2/c24-18(16-3-1-2-8-20-16)14-6-10-22(11-7-14)19(25)15-4-5-17-21-9-12-23(17)13-15/h1-5,8-9,12-14,18,24H,6-7,10-11H2/t18-/m1/s1. The molecular formula is C19H20N4O2. The summed E-state index contributed by atoms with van der Waals surface area (Å²) in [4.78, 5) is 23.0. The van der Waals surface area contributed by atoms with Gasteiger partial charge in [0.2, 0.25) is 0 Å². The van der Waals surface area contributed by atoms with Crippen molar-refractivity contribution in [3.63, 3.8) is 0 Å². The minimum absolute atomic E-state index is 0.0291. The number of pyridine rings is 2. The molecule has 0 radical (unpaired) electrons. The molecule has 6 nitrogen and oxygen atoms in total. The summed E-state index contributed by atoms with van der Waals surface area (Å²) in [5, 5.41) is 10.5. The van der Waals surface area contributed by atoms with Gasteiger partial charge in [0.15, 0.2) is 0 Å². The lowest BCUT2D eigenvalue weighted by Crippen LogP contribution is -2.40. The number of carbonyl (C=O) groups excluding carboxylic acids is 1. The predicted molar refractivity (Wildman–Crippen MR) is 93.0 cm³/mol. The second-order valence-corrected chi connectivity index (χ2v) is 6.44. The van der Waals surface area contributed by atoms with Crippen LogP contribution >= 0.6 is 0 Å². The van der Waals surface area contributed by atoms with Crippen LogP contribution in [0.3, 0.4) is 0 Å². The van der Waals surface area contributed by atoms with Crippen LogP contribution in [-0.2, 0) is 0 Å². The molecule has 128 valence electrons. The van der Waals surface area contributed by atoms with Crippen molar-refractivity contribution < 1.29 is 9.90 Å². The Hall–Kier alpha value is -2.73. The van der Waals surface area contributed by atoms with Crippen LogP contribution in [0.1, 0.15) is 35.0 Å². The fourth-order valence-electron chi connectivity index (χ4n) is 3.44. The number of piperidine rings is 1. The van der Waals surface area contributed by atoms with Crippen molar-refractivity contribution in [1.29, 1.82) is 0 Å². The van der Waals surface area contributed by atoms with Gasteiger partial charge in [-0.2, -0.15) is 0 Å². The van der Waals surface area contributed by atoms with Crippen molar-refractivity contribution in [2.45, 2.75) is 18.9 Å². The maximum absolute atomic E-state index is 12.7. The van der Waals surface area contributed by atoms with E-state index in [2.05, 4.69) is 9.97 Å². The first-order valence-electron chi connectivity index (χ1n) is 8.53. The first kappa shape index (κ1) is 15.8. The highest BCUT2D eigenvalue weighted by atomic mass is 16.3. The van der Waals surface area contributed by atoms with Crippen LogP contribution in [-0.4, -0.2) is 43.4 Å². The van der Waals surface area contributed by atoms with Gasteiger partial charge in [-0.3, -0.25) is 9.78 Å². The molecule has 6 heteroatoms. The number of aliphatic hydroxyl groups is 1. The van der Waals surface area contributed by atoms with E-state index >= 15 is 0 Å². The molecule has 3 aromatic heterocycles. The van der Waals surface area contributed by atoms with E-state index in [1.54, 1.807) is 12.4 Å². The van der Waals surface area contributed by atoms with Crippen LogP contribution in [0.4, 0.5) is 0 Å². The Bertz CT molecular complexity index is 869. The first-order chi connectivity index (χ1) is 12.2. The fraction of sp³-hybridized carbons (Fsp3) is 0.316. The monoisotopic (exact) mass is 336 g/mol. The molecule has 0 aliphatic carbocycles. The summed E-state index contributed by atoms with van der Waals surface area (Å²) in [6, 6.07) is 9.25. The maximum atomic E-state index is 12.7. The van der Waals surface area contributed by atoms with Gasteiger partial charge in [-0.25, -0.2) is 4.98 Å². The Morgan fingerprint density at radius 2 is 1.96 bits per heavy atom. The number of hydrogen-bond donors (Lipinski definition) is 1. The van der Waals surface area contributed by atoms with Gasteiger partial charge in [0.1, 0.15) is 5.65 Å². The lowest BCUT2D eigenvalue weighted by Gasteiger charge is -2.34. The zero-order valence-electron chi connectivity index (χ0n) is 13.8. The fourth-order valence-corrected chi connectivity index (χ4v) is 3.44. The van der Waals surface area contributed by atoms with E-state index in [4.69, 9.17) is 0 Å². The smallest absolute Gasteiger partial charge is 0.255 e. The Labute approximate surface area is 145 Å². The number of carbonyl (C=O) groups is 1. The lowest BCUT2D eigenvalue weighted by atomic mass is 9.89. The molecule has 3 aromatic rings. The summed E-state index contributed by atoms with van der Waals surface area (Å²) in [6.07, 6.45) is 8.05. The zero-order chi connectivity index (χ0) is 17.2. The van der Waals surface area contributed by atoms with Crippen molar-refractivity contribution >= 4 is 11.6 Å². The topological polar surface area (TPSA) is 70.7 Å². The van der Waals surface area contributed by atoms with E-state index in [0.29, 0.717) is 24.3 Å². The minimum Gasteiger partial charge on any atom is -0.387 e. The van der Waals surface area contributed by atoms with E-state index < -0.39 is 6.10 Å². The number of nitrogens with zero attached hydrogens (tertiary/aromatic N) is 4. The highest BCUT2D eigenvalue weighted by Crippen LogP contribution is 2.30. The number of likely N-dealkylation sites (tertiary alicyclic amines) is 1. The molecule has 0 bridgehead atoms. The van der Waals surface area contributed by atoms with Crippen LogP contribution in [0.25, 0.3) is 5.65 Å². The van der Waals surface area contributed by atoms with Gasteiger partial charge >= 0.3 is 0 Å². The Morgan fingerprint density at radius 1 is 1.12 bits per heavy atom. The number of aliphatic hydroxyl groups excluding tert-OH is 1. The molecule has 25 heavy (non-hydrogen) atoms. The SMILES string of the molecule is O=C(c1ccc2nccn2c1)N1CCC([C@@H](O)c2ccccn2)CC1. The molecule has 0 saturated carbocycles. The van der Waals surface area contributed by atoms with Crippen molar-refractivity contribution in [1.82, 2.24) is 19.3 Å². The van der Waals surface area contributed by atoms with Gasteiger partial charge < -0.3 is 14.4 Å². The molecule has 1 atom stereocenters. The average molecular weight is 336 g/mol. The minimum atomic E-state index is -0.569. The average Bonchev–Trinajstić information content (AvgIpc) is 3.15. The van der Waals surface area contributed by atoms with Crippen molar-refractivity contribution in [2.24, 2.45) is 5.92 Å². The Kier molecular flexibility index (Phi) is 4.19. The van der Waals surface area contributed by atoms with Crippen LogP contribution < -0.4 is 0 Å². The molecule has 1 aliphatic heterocycles. The van der Waals surface area contributed by atoms with E-state index in [-0.39, 0.29) is 11.8 Å². The molecule has 4 rings (SSSR count). The molecule has 4 heterocycles. The number of amides is 1. The molecule has 0 unspecified atom stereocenters. The second kappa shape index (κ2) is 6.64. The Morgan fingerprint density at radius 3 is 2.72 bits per heavy atom. The van der Waals surface area contributed by atoms with E-state index in [1.165, 1.54) is 0 Å². The Balaban J connectivity index is 1.42. The summed E-state index contributed by atoms with van der Waals surface area (Å²) in [6.45, 7) is 1.30. The van der Waals surface area contributed by atoms with Crippen LogP contribution in [0, 0.1) is 5.92 Å². The van der Waals surface area contributed by atoms with Crippen LogP contribution in [0.15, 0.2) is 55.1 Å². The van der Waals surface area contributed by atoms with Gasteiger partial charge in [-0.05, 0) is 43.0 Å². The largest absolute Gasteiger partial charge is 0.387 e. The third kappa shape index (κ3) is 3.13. The molecule has 1 fully saturated rings. The van der Waals surface area contributed by atoms with Gasteiger partial charge in [0.05, 0.1) is 17.4 Å². The quantitative estimate of drug-likeness (QED) is 0.797. The van der Waals surface area contributed by atoms with Crippen LogP contribution in [0.2, 0.25) is 0 Å². The van der Waals surface area contributed by atoms with Crippen LogP contribution in [0.5, 0.6) is 0 Å². The molecule has 1 N–H and O–H groups in total. The van der Waals surface area contributed by atoms with Crippen molar-refractivity contribution in [2.75, 3.05) is 13.1 Å². The number of fused-ring (bicyclic) bond motifs is 1. The van der Waals surface area contributed by atoms with E-state index in [9.17, 15) is 9.90 Å². The second-order valence-electron chi connectivity index (χ2n) is 6.44. The van der Waals surface area contributed by atoms with E-state index in [1.807, 2.05) is 52.0 Å². The predicted octanol–water partition coefficient (Wildman–Crippen LogP) is 2.32. The van der Waals surface area contributed by atoms with Gasteiger partial charge in [0, 0.05) is 37.9 Å². The normalized spacial score (nSPS) is 16.9. The summed E-state index contributed by atoms with van der Waals surface area (Å²) in [5.41, 5.74) is 2.20. The molecule has 1 amide bonds. The first-order valence-corrected chi connectivity index (χ1v) is 8.53. The molecule has 0 aromatic carbocycles. The highest BCUT2D eigenvalue weighted by Gasteiger charge is 2.29. The highest BCUT2D eigenvalue weighted by molar-refractivity contribution is 5.94. The van der Waals surface area contributed by atoms with Gasteiger partial charge in [-0.1, -0.05) is 6.07 Å². The van der Waals surface area contributed by atoms with Crippen molar-refractivity contribution in [3.05, 3.63) is 66.4 Å². The third-order valence-electron chi connectivity index (χ3n) is 4.90. The molecule has 1 saturated heterocycles. The summed E-state index contributed by atoms with van der Waals surface area (Å²) in [5.74, 6) is 0.163. The summed E-state index contributed by atoms with van der Waals surface area (Å²) >= 11 is 0. The number of aromatic nitrogens is 3. The number of imidazole rings is 1. The molecule has 0 spiro atoms. The zero-order valence-corrected chi connectivity index (χ0v) is 13.8. The molecule has 1 aliphatic rings.